The number of carbonyl (C=O) groups is 1. The number of rotatable bonds is 4. The Bertz CT molecular complexity index is 664. The van der Waals surface area contributed by atoms with Gasteiger partial charge >= 0.3 is 5.97 Å². The van der Waals surface area contributed by atoms with Crippen LogP contribution in [0.15, 0.2) is 51.4 Å². The van der Waals surface area contributed by atoms with Crippen molar-refractivity contribution in [2.45, 2.75) is 6.04 Å². The zero-order chi connectivity index (χ0) is 15.4. The average Bonchev–Trinajstić information content (AvgIpc) is 2.45. The Kier molecular flexibility index (Phi) is 5.67. The molecule has 2 aromatic carbocycles. The van der Waals surface area contributed by atoms with Crippen LogP contribution in [0.3, 0.4) is 0 Å². The first-order chi connectivity index (χ1) is 10.0. The summed E-state index contributed by atoms with van der Waals surface area (Å²) in [5.74, 6) is -0.404. The molecule has 0 saturated carbocycles. The minimum atomic E-state index is -0.676. The summed E-state index contributed by atoms with van der Waals surface area (Å²) in [4.78, 5) is 12.1. The predicted octanol–water partition coefficient (Wildman–Crippen LogP) is 5.19. The van der Waals surface area contributed by atoms with Crippen LogP contribution in [0.2, 0.25) is 5.02 Å². The maximum Gasteiger partial charge on any atom is 0.333 e. The number of ether oxygens (including phenoxy) is 1. The number of anilines is 1. The molecule has 2 rings (SSSR count). The minimum absolute atomic E-state index is 0.404. The van der Waals surface area contributed by atoms with E-state index in [1.165, 1.54) is 7.11 Å². The van der Waals surface area contributed by atoms with Crippen molar-refractivity contribution in [1.82, 2.24) is 0 Å². The molecule has 3 nitrogen and oxygen atoms in total. The number of hydrogen-bond acceptors (Lipinski definition) is 3. The number of halogens is 3. The van der Waals surface area contributed by atoms with Gasteiger partial charge in [-0.1, -0.05) is 55.6 Å². The second kappa shape index (κ2) is 7.29. The molecule has 0 saturated heterocycles. The van der Waals surface area contributed by atoms with E-state index in [2.05, 4.69) is 37.2 Å². The molecule has 0 aliphatic carbocycles. The van der Waals surface area contributed by atoms with Crippen molar-refractivity contribution in [3.63, 3.8) is 0 Å². The molecule has 0 spiro atoms. The largest absolute Gasteiger partial charge is 0.467 e. The summed E-state index contributed by atoms with van der Waals surface area (Å²) in [5.41, 5.74) is 1.45. The first-order valence-electron chi connectivity index (χ1n) is 6.06. The van der Waals surface area contributed by atoms with Crippen LogP contribution in [-0.2, 0) is 9.53 Å². The zero-order valence-corrected chi connectivity index (χ0v) is 15.0. The molecule has 0 radical (unpaired) electrons. The van der Waals surface area contributed by atoms with Crippen LogP contribution in [0, 0.1) is 0 Å². The zero-order valence-electron chi connectivity index (χ0n) is 11.1. The average molecular weight is 434 g/mol. The molecule has 0 aliphatic rings. The fourth-order valence-corrected chi connectivity index (χ4v) is 3.04. The van der Waals surface area contributed by atoms with Crippen molar-refractivity contribution in [2.24, 2.45) is 0 Å². The van der Waals surface area contributed by atoms with Gasteiger partial charge in [-0.15, -0.1) is 0 Å². The van der Waals surface area contributed by atoms with Crippen LogP contribution in [0.5, 0.6) is 0 Å². The molecule has 1 atom stereocenters. The molecular weight excluding hydrogens is 421 g/mol. The summed E-state index contributed by atoms with van der Waals surface area (Å²) in [6, 6.07) is 12.2. The molecule has 110 valence electrons. The molecule has 2 aromatic rings. The number of nitrogens with one attached hydrogen (secondary N) is 1. The third-order valence-corrected chi connectivity index (χ3v) is 4.16. The molecule has 0 aromatic heterocycles. The van der Waals surface area contributed by atoms with Crippen LogP contribution in [0.25, 0.3) is 0 Å². The Balaban J connectivity index is 2.37. The highest BCUT2D eigenvalue weighted by Crippen LogP contribution is 2.30. The lowest BCUT2D eigenvalue weighted by atomic mass is 10.1. The Morgan fingerprint density at radius 3 is 2.52 bits per heavy atom. The Labute approximate surface area is 144 Å². The van der Waals surface area contributed by atoms with Gasteiger partial charge in [0.05, 0.1) is 7.11 Å². The van der Waals surface area contributed by atoms with Gasteiger partial charge in [-0.25, -0.2) is 4.79 Å². The van der Waals surface area contributed by atoms with Crippen molar-refractivity contribution >= 4 is 55.1 Å². The minimum Gasteiger partial charge on any atom is -0.467 e. The normalized spacial score (nSPS) is 11.8. The van der Waals surface area contributed by atoms with Gasteiger partial charge < -0.3 is 10.1 Å². The van der Waals surface area contributed by atoms with Gasteiger partial charge in [0.25, 0.3) is 0 Å². The maximum absolute atomic E-state index is 12.1. The van der Waals surface area contributed by atoms with Gasteiger partial charge in [0, 0.05) is 25.2 Å². The van der Waals surface area contributed by atoms with E-state index < -0.39 is 12.0 Å². The smallest absolute Gasteiger partial charge is 0.333 e. The van der Waals surface area contributed by atoms with E-state index >= 15 is 0 Å². The van der Waals surface area contributed by atoms with Crippen molar-refractivity contribution in [3.8, 4) is 0 Å². The van der Waals surface area contributed by atoms with E-state index in [1.54, 1.807) is 12.1 Å². The summed E-state index contributed by atoms with van der Waals surface area (Å²) in [5, 5.41) is 3.63. The third-order valence-electron chi connectivity index (χ3n) is 2.85. The fourth-order valence-electron chi connectivity index (χ4n) is 1.86. The maximum atomic E-state index is 12.1. The molecule has 0 heterocycles. The van der Waals surface area contributed by atoms with Crippen LogP contribution < -0.4 is 5.32 Å². The molecule has 0 amide bonds. The Morgan fingerprint density at radius 2 is 1.90 bits per heavy atom. The molecule has 21 heavy (non-hydrogen) atoms. The lowest BCUT2D eigenvalue weighted by molar-refractivity contribution is -0.141. The first-order valence-corrected chi connectivity index (χ1v) is 8.02. The molecule has 1 unspecified atom stereocenters. The van der Waals surface area contributed by atoms with E-state index in [-0.39, 0.29) is 0 Å². The fraction of sp³-hybridized carbons (Fsp3) is 0.133. The topological polar surface area (TPSA) is 38.3 Å². The van der Waals surface area contributed by atoms with Crippen molar-refractivity contribution in [2.75, 3.05) is 12.4 Å². The van der Waals surface area contributed by atoms with Crippen molar-refractivity contribution < 1.29 is 9.53 Å². The summed E-state index contributed by atoms with van der Waals surface area (Å²) < 4.78 is 6.64. The number of carbonyl (C=O) groups excluding carboxylic acids is 1. The highest BCUT2D eigenvalue weighted by atomic mass is 79.9. The van der Waals surface area contributed by atoms with Crippen LogP contribution in [0.4, 0.5) is 5.69 Å². The first kappa shape index (κ1) is 16.3. The Hall–Kier alpha value is -1.04. The monoisotopic (exact) mass is 431 g/mol. The summed E-state index contributed by atoms with van der Waals surface area (Å²) >= 11 is 13.0. The van der Waals surface area contributed by atoms with Gasteiger partial charge in [-0.2, -0.15) is 0 Å². The number of esters is 1. The van der Waals surface area contributed by atoms with E-state index in [0.717, 1.165) is 14.6 Å². The van der Waals surface area contributed by atoms with Gasteiger partial charge in [-0.3, -0.25) is 0 Å². The van der Waals surface area contributed by atoms with Gasteiger partial charge in [-0.05, 0) is 30.3 Å². The van der Waals surface area contributed by atoms with Gasteiger partial charge in [0.15, 0.2) is 6.04 Å². The van der Waals surface area contributed by atoms with E-state index in [9.17, 15) is 4.79 Å². The highest BCUT2D eigenvalue weighted by molar-refractivity contribution is 9.10. The molecular formula is C15H12Br2ClNO2. The van der Waals surface area contributed by atoms with Crippen molar-refractivity contribution in [1.29, 1.82) is 0 Å². The second-order valence-corrected chi connectivity index (χ2v) is 6.52. The van der Waals surface area contributed by atoms with Crippen molar-refractivity contribution in [3.05, 3.63) is 62.0 Å². The number of methoxy groups -OCH3 is 1. The van der Waals surface area contributed by atoms with Crippen LogP contribution in [0.1, 0.15) is 11.6 Å². The lowest BCUT2D eigenvalue weighted by Crippen LogP contribution is -2.22. The van der Waals surface area contributed by atoms with Gasteiger partial charge in [0.1, 0.15) is 0 Å². The Morgan fingerprint density at radius 1 is 1.19 bits per heavy atom. The SMILES string of the molecule is COC(=O)C(Nc1cccc(Br)c1)c1ccc(Br)cc1Cl. The van der Waals surface area contributed by atoms with E-state index in [0.29, 0.717) is 10.6 Å². The third kappa shape index (κ3) is 4.22. The highest BCUT2D eigenvalue weighted by Gasteiger charge is 2.23. The molecule has 0 bridgehead atoms. The lowest BCUT2D eigenvalue weighted by Gasteiger charge is -2.19. The standard InChI is InChI=1S/C15H12Br2ClNO2/c1-21-15(20)14(12-6-5-10(17)8-13(12)18)19-11-4-2-3-9(16)7-11/h2-8,14,19H,1H3. The van der Waals surface area contributed by atoms with E-state index in [4.69, 9.17) is 16.3 Å². The summed E-state index contributed by atoms with van der Waals surface area (Å²) in [6.45, 7) is 0. The molecule has 6 heteroatoms. The second-order valence-electron chi connectivity index (χ2n) is 4.28. The summed E-state index contributed by atoms with van der Waals surface area (Å²) in [6.07, 6.45) is 0. The quantitative estimate of drug-likeness (QED) is 0.675. The predicted molar refractivity (Wildman–Crippen MR) is 91.7 cm³/mol. The number of benzene rings is 2. The van der Waals surface area contributed by atoms with Crippen LogP contribution >= 0.6 is 43.5 Å². The van der Waals surface area contributed by atoms with Crippen LogP contribution in [-0.4, -0.2) is 13.1 Å². The summed E-state index contributed by atoms with van der Waals surface area (Å²) in [7, 11) is 1.35. The van der Waals surface area contributed by atoms with E-state index in [1.807, 2.05) is 30.3 Å². The molecule has 1 N–H and O–H groups in total. The molecule has 0 aliphatic heterocycles. The van der Waals surface area contributed by atoms with Gasteiger partial charge in [0.2, 0.25) is 0 Å². The number of hydrogen-bond donors (Lipinski definition) is 1. The molecule has 0 fully saturated rings.